The van der Waals surface area contributed by atoms with Gasteiger partial charge in [0.1, 0.15) is 5.75 Å². The number of hydrogen-bond donors (Lipinski definition) is 1. The molecule has 1 aliphatic rings. The summed E-state index contributed by atoms with van der Waals surface area (Å²) in [5.74, 6) is 0.891. The molecule has 0 radical (unpaired) electrons. The van der Waals surface area contributed by atoms with E-state index in [1.54, 1.807) is 7.11 Å². The standard InChI is InChI=1S/C14H18N2O2/c1-10-13(8-9-14(17)15-10)16(2)11-4-6-12(18-3)7-5-11/h4-7,13H,1,8-9H2,2-3H3,(H,15,17). The number of hydrogen-bond acceptors (Lipinski definition) is 3. The predicted molar refractivity (Wildman–Crippen MR) is 71.7 cm³/mol. The molecule has 0 spiro atoms. The highest BCUT2D eigenvalue weighted by atomic mass is 16.5. The fraction of sp³-hybridized carbons (Fsp3) is 0.357. The van der Waals surface area contributed by atoms with Crippen molar-refractivity contribution in [1.82, 2.24) is 5.32 Å². The van der Waals surface area contributed by atoms with E-state index in [4.69, 9.17) is 4.74 Å². The number of nitrogens with zero attached hydrogens (tertiary/aromatic N) is 1. The molecule has 1 aromatic carbocycles. The number of likely N-dealkylation sites (N-methyl/N-ethyl adjacent to an activating group) is 1. The van der Waals surface area contributed by atoms with Crippen molar-refractivity contribution in [3.05, 3.63) is 36.5 Å². The van der Waals surface area contributed by atoms with Gasteiger partial charge in [-0.2, -0.15) is 0 Å². The monoisotopic (exact) mass is 246 g/mol. The largest absolute Gasteiger partial charge is 0.497 e. The van der Waals surface area contributed by atoms with E-state index >= 15 is 0 Å². The van der Waals surface area contributed by atoms with Crippen LogP contribution < -0.4 is 15.0 Å². The maximum atomic E-state index is 11.3. The SMILES string of the molecule is C=C1NC(=O)CCC1N(C)c1ccc(OC)cc1. The molecular formula is C14H18N2O2. The molecule has 18 heavy (non-hydrogen) atoms. The van der Waals surface area contributed by atoms with E-state index in [0.29, 0.717) is 6.42 Å². The summed E-state index contributed by atoms with van der Waals surface area (Å²) in [4.78, 5) is 13.4. The van der Waals surface area contributed by atoms with E-state index in [-0.39, 0.29) is 11.9 Å². The van der Waals surface area contributed by atoms with Gasteiger partial charge < -0.3 is 15.0 Å². The van der Waals surface area contributed by atoms with E-state index in [2.05, 4.69) is 16.8 Å². The number of carbonyl (C=O) groups excluding carboxylic acids is 1. The molecule has 1 fully saturated rings. The van der Waals surface area contributed by atoms with Gasteiger partial charge in [0, 0.05) is 24.9 Å². The van der Waals surface area contributed by atoms with Gasteiger partial charge in [0.05, 0.1) is 13.2 Å². The number of anilines is 1. The first-order chi connectivity index (χ1) is 8.61. The van der Waals surface area contributed by atoms with Crippen molar-refractivity contribution in [2.45, 2.75) is 18.9 Å². The molecule has 1 aromatic rings. The maximum Gasteiger partial charge on any atom is 0.224 e. The molecule has 4 nitrogen and oxygen atoms in total. The van der Waals surface area contributed by atoms with Crippen LogP contribution in [-0.2, 0) is 4.79 Å². The predicted octanol–water partition coefficient (Wildman–Crippen LogP) is 1.92. The lowest BCUT2D eigenvalue weighted by atomic mass is 10.0. The third-order valence-electron chi connectivity index (χ3n) is 3.29. The third kappa shape index (κ3) is 2.47. The Morgan fingerprint density at radius 1 is 1.39 bits per heavy atom. The van der Waals surface area contributed by atoms with Crippen molar-refractivity contribution in [1.29, 1.82) is 0 Å². The first-order valence-corrected chi connectivity index (χ1v) is 5.97. The number of nitrogens with one attached hydrogen (secondary N) is 1. The van der Waals surface area contributed by atoms with Crippen molar-refractivity contribution in [3.63, 3.8) is 0 Å². The van der Waals surface area contributed by atoms with Gasteiger partial charge in [0.15, 0.2) is 0 Å². The van der Waals surface area contributed by atoms with Crippen LogP contribution in [0.5, 0.6) is 5.75 Å². The lowest BCUT2D eigenvalue weighted by Crippen LogP contribution is -2.44. The number of rotatable bonds is 3. The molecule has 1 unspecified atom stereocenters. The molecule has 0 aliphatic carbocycles. The third-order valence-corrected chi connectivity index (χ3v) is 3.29. The minimum Gasteiger partial charge on any atom is -0.497 e. The van der Waals surface area contributed by atoms with Crippen molar-refractivity contribution in [2.75, 3.05) is 19.1 Å². The number of ether oxygens (including phenoxy) is 1. The van der Waals surface area contributed by atoms with Gasteiger partial charge >= 0.3 is 0 Å². The van der Waals surface area contributed by atoms with E-state index in [9.17, 15) is 4.79 Å². The van der Waals surface area contributed by atoms with Crippen molar-refractivity contribution < 1.29 is 9.53 Å². The Balaban J connectivity index is 2.12. The summed E-state index contributed by atoms with van der Waals surface area (Å²) >= 11 is 0. The molecule has 0 saturated carbocycles. The molecule has 1 N–H and O–H groups in total. The summed E-state index contributed by atoms with van der Waals surface area (Å²) in [6.07, 6.45) is 1.34. The second-order valence-electron chi connectivity index (χ2n) is 4.44. The quantitative estimate of drug-likeness (QED) is 0.886. The highest BCUT2D eigenvalue weighted by Gasteiger charge is 2.25. The molecule has 4 heteroatoms. The van der Waals surface area contributed by atoms with E-state index in [1.165, 1.54) is 0 Å². The maximum absolute atomic E-state index is 11.3. The minimum atomic E-state index is 0.0550. The molecule has 96 valence electrons. The Bertz CT molecular complexity index is 453. The number of amides is 1. The number of methoxy groups -OCH3 is 1. The van der Waals surface area contributed by atoms with Crippen LogP contribution in [0.3, 0.4) is 0 Å². The van der Waals surface area contributed by atoms with Crippen molar-refractivity contribution >= 4 is 11.6 Å². The number of carbonyl (C=O) groups is 1. The van der Waals surface area contributed by atoms with Crippen LogP contribution in [0, 0.1) is 0 Å². The average molecular weight is 246 g/mol. The summed E-state index contributed by atoms with van der Waals surface area (Å²) in [6, 6.07) is 8.01. The highest BCUT2D eigenvalue weighted by Crippen LogP contribution is 2.25. The van der Waals surface area contributed by atoms with Crippen LogP contribution in [0.15, 0.2) is 36.5 Å². The zero-order valence-electron chi connectivity index (χ0n) is 10.8. The molecular weight excluding hydrogens is 228 g/mol. The van der Waals surface area contributed by atoms with Crippen LogP contribution in [0.25, 0.3) is 0 Å². The summed E-state index contributed by atoms with van der Waals surface area (Å²) in [5.41, 5.74) is 1.85. The number of benzene rings is 1. The number of piperidine rings is 1. The van der Waals surface area contributed by atoms with Gasteiger partial charge in [0.2, 0.25) is 5.91 Å². The molecule has 1 amide bonds. The van der Waals surface area contributed by atoms with Crippen LogP contribution in [0.2, 0.25) is 0 Å². The van der Waals surface area contributed by atoms with Gasteiger partial charge in [-0.05, 0) is 30.7 Å². The van der Waals surface area contributed by atoms with Gasteiger partial charge in [-0.3, -0.25) is 4.79 Å². The Morgan fingerprint density at radius 3 is 2.61 bits per heavy atom. The van der Waals surface area contributed by atoms with Crippen molar-refractivity contribution in [2.24, 2.45) is 0 Å². The molecule has 1 atom stereocenters. The molecule has 0 bridgehead atoms. The summed E-state index contributed by atoms with van der Waals surface area (Å²) < 4.78 is 5.14. The summed E-state index contributed by atoms with van der Waals surface area (Å²) in [7, 11) is 3.66. The van der Waals surface area contributed by atoms with Gasteiger partial charge in [0.25, 0.3) is 0 Å². The van der Waals surface area contributed by atoms with E-state index < -0.39 is 0 Å². The van der Waals surface area contributed by atoms with E-state index in [1.807, 2.05) is 31.3 Å². The van der Waals surface area contributed by atoms with Crippen LogP contribution in [0.4, 0.5) is 5.69 Å². The molecule has 1 aliphatic heterocycles. The molecule has 1 heterocycles. The van der Waals surface area contributed by atoms with Crippen LogP contribution >= 0.6 is 0 Å². The second kappa shape index (κ2) is 5.12. The lowest BCUT2D eigenvalue weighted by molar-refractivity contribution is -0.121. The summed E-state index contributed by atoms with van der Waals surface area (Å²) in [6.45, 7) is 3.93. The zero-order chi connectivity index (χ0) is 13.1. The Kier molecular flexibility index (Phi) is 3.55. The van der Waals surface area contributed by atoms with Gasteiger partial charge in [-0.25, -0.2) is 0 Å². The van der Waals surface area contributed by atoms with Gasteiger partial charge in [-0.1, -0.05) is 6.58 Å². The Morgan fingerprint density at radius 2 is 2.06 bits per heavy atom. The normalized spacial score (nSPS) is 19.3. The summed E-state index contributed by atoms with van der Waals surface area (Å²) in [5, 5.41) is 2.80. The average Bonchev–Trinajstić information content (AvgIpc) is 2.38. The fourth-order valence-electron chi connectivity index (χ4n) is 2.19. The topological polar surface area (TPSA) is 41.6 Å². The van der Waals surface area contributed by atoms with Crippen LogP contribution in [0.1, 0.15) is 12.8 Å². The molecule has 1 saturated heterocycles. The molecule has 2 rings (SSSR count). The van der Waals surface area contributed by atoms with Crippen LogP contribution in [-0.4, -0.2) is 26.1 Å². The minimum absolute atomic E-state index is 0.0550. The second-order valence-corrected chi connectivity index (χ2v) is 4.44. The van der Waals surface area contributed by atoms with E-state index in [0.717, 1.165) is 23.6 Å². The van der Waals surface area contributed by atoms with Crippen molar-refractivity contribution in [3.8, 4) is 5.75 Å². The first-order valence-electron chi connectivity index (χ1n) is 5.97. The zero-order valence-corrected chi connectivity index (χ0v) is 10.8. The van der Waals surface area contributed by atoms with Gasteiger partial charge in [-0.15, -0.1) is 0 Å². The smallest absolute Gasteiger partial charge is 0.224 e. The Labute approximate surface area is 107 Å². The fourth-order valence-corrected chi connectivity index (χ4v) is 2.19. The lowest BCUT2D eigenvalue weighted by Gasteiger charge is -2.34. The molecule has 0 aromatic heterocycles. The first kappa shape index (κ1) is 12.5. The Hall–Kier alpha value is -1.97. The highest BCUT2D eigenvalue weighted by molar-refractivity contribution is 5.79.